The van der Waals surface area contributed by atoms with Crippen molar-refractivity contribution in [3.8, 4) is 0 Å². The molecule has 2 aromatic carbocycles. The molecule has 23 heavy (non-hydrogen) atoms. The Balaban J connectivity index is 1.77. The second kappa shape index (κ2) is 8.31. The summed E-state index contributed by atoms with van der Waals surface area (Å²) in [7, 11) is 0. The molecular formula is C17H16ClNO4. The Morgan fingerprint density at radius 1 is 1.09 bits per heavy atom. The van der Waals surface area contributed by atoms with Gasteiger partial charge in [0.1, 0.15) is 6.61 Å². The van der Waals surface area contributed by atoms with E-state index in [1.54, 1.807) is 24.3 Å². The second-order valence-corrected chi connectivity index (χ2v) is 5.26. The molecule has 0 aliphatic heterocycles. The highest BCUT2D eigenvalue weighted by Crippen LogP contribution is 2.09. The fraction of sp³-hybridized carbons (Fsp3) is 0.176. The van der Waals surface area contributed by atoms with Gasteiger partial charge in [0.2, 0.25) is 0 Å². The van der Waals surface area contributed by atoms with Crippen molar-refractivity contribution in [2.75, 3.05) is 6.54 Å². The normalized spacial score (nSPS) is 11.6. The highest BCUT2D eigenvalue weighted by molar-refractivity contribution is 6.30. The number of aliphatic hydroxyl groups excluding tert-OH is 1. The number of hydrogen-bond acceptors (Lipinski definition) is 4. The van der Waals surface area contributed by atoms with E-state index in [1.165, 1.54) is 0 Å². The number of carbonyl (C=O) groups is 2. The molecule has 120 valence electrons. The van der Waals surface area contributed by atoms with Gasteiger partial charge in [-0.05, 0) is 29.8 Å². The van der Waals surface area contributed by atoms with Crippen LogP contribution in [0.1, 0.15) is 15.9 Å². The molecule has 2 N–H and O–H groups in total. The van der Waals surface area contributed by atoms with Gasteiger partial charge in [-0.1, -0.05) is 41.9 Å². The van der Waals surface area contributed by atoms with Gasteiger partial charge in [0, 0.05) is 10.6 Å². The van der Waals surface area contributed by atoms with Crippen LogP contribution in [0.25, 0.3) is 0 Å². The molecule has 0 aromatic heterocycles. The minimum atomic E-state index is -1.42. The molecule has 0 saturated heterocycles. The smallest absolute Gasteiger partial charge is 0.337 e. The lowest BCUT2D eigenvalue weighted by Gasteiger charge is -2.12. The quantitative estimate of drug-likeness (QED) is 0.794. The molecule has 0 fully saturated rings. The van der Waals surface area contributed by atoms with Crippen molar-refractivity contribution in [2.24, 2.45) is 0 Å². The third-order valence-corrected chi connectivity index (χ3v) is 3.31. The van der Waals surface area contributed by atoms with Gasteiger partial charge in [0.25, 0.3) is 5.91 Å². The van der Waals surface area contributed by atoms with Crippen molar-refractivity contribution in [1.29, 1.82) is 0 Å². The standard InChI is InChI=1S/C17H16ClNO4/c18-14-8-6-13(7-9-14)16(21)19-10-15(20)17(22)23-11-12-4-2-1-3-5-12/h1-9,15,20H,10-11H2,(H,19,21)/t15-/m0/s1. The highest BCUT2D eigenvalue weighted by Gasteiger charge is 2.18. The van der Waals surface area contributed by atoms with E-state index in [4.69, 9.17) is 16.3 Å². The third kappa shape index (κ3) is 5.39. The van der Waals surface area contributed by atoms with E-state index in [-0.39, 0.29) is 13.2 Å². The van der Waals surface area contributed by atoms with E-state index in [1.807, 2.05) is 30.3 Å². The molecule has 0 aliphatic carbocycles. The Labute approximate surface area is 138 Å². The Hall–Kier alpha value is -2.37. The molecule has 1 amide bonds. The average Bonchev–Trinajstić information content (AvgIpc) is 2.58. The summed E-state index contributed by atoms with van der Waals surface area (Å²) in [5.41, 5.74) is 1.21. The van der Waals surface area contributed by atoms with Gasteiger partial charge in [-0.15, -0.1) is 0 Å². The van der Waals surface area contributed by atoms with Crippen LogP contribution in [0.2, 0.25) is 5.02 Å². The van der Waals surface area contributed by atoms with Gasteiger partial charge in [0.05, 0.1) is 6.54 Å². The molecule has 0 spiro atoms. The van der Waals surface area contributed by atoms with Gasteiger partial charge < -0.3 is 15.2 Å². The largest absolute Gasteiger partial charge is 0.459 e. The predicted octanol–water partition coefficient (Wildman–Crippen LogP) is 2.17. The van der Waals surface area contributed by atoms with E-state index in [0.717, 1.165) is 5.56 Å². The first-order valence-electron chi connectivity index (χ1n) is 6.98. The van der Waals surface area contributed by atoms with E-state index in [2.05, 4.69) is 5.32 Å². The minimum absolute atomic E-state index is 0.0713. The number of carbonyl (C=O) groups excluding carboxylic acids is 2. The molecule has 0 bridgehead atoms. The highest BCUT2D eigenvalue weighted by atomic mass is 35.5. The van der Waals surface area contributed by atoms with Crippen molar-refractivity contribution in [2.45, 2.75) is 12.7 Å². The van der Waals surface area contributed by atoms with E-state index >= 15 is 0 Å². The van der Waals surface area contributed by atoms with Gasteiger partial charge in [-0.3, -0.25) is 4.79 Å². The number of esters is 1. The monoisotopic (exact) mass is 333 g/mol. The molecule has 0 unspecified atom stereocenters. The van der Waals surface area contributed by atoms with Crippen molar-refractivity contribution in [3.05, 3.63) is 70.7 Å². The van der Waals surface area contributed by atoms with Crippen LogP contribution in [0.4, 0.5) is 0 Å². The summed E-state index contributed by atoms with van der Waals surface area (Å²) in [5, 5.41) is 12.7. The Morgan fingerprint density at radius 2 is 1.74 bits per heavy atom. The molecule has 0 heterocycles. The van der Waals surface area contributed by atoms with Crippen LogP contribution in [0.3, 0.4) is 0 Å². The van der Waals surface area contributed by atoms with Crippen molar-refractivity contribution in [3.63, 3.8) is 0 Å². The number of ether oxygens (including phenoxy) is 1. The number of aliphatic hydroxyl groups is 1. The lowest BCUT2D eigenvalue weighted by Crippen LogP contribution is -2.37. The summed E-state index contributed by atoms with van der Waals surface area (Å²) in [6.45, 7) is -0.156. The molecule has 2 rings (SSSR count). The maximum absolute atomic E-state index is 11.8. The van der Waals surface area contributed by atoms with Gasteiger partial charge in [0.15, 0.2) is 6.10 Å². The van der Waals surface area contributed by atoms with E-state index in [0.29, 0.717) is 10.6 Å². The van der Waals surface area contributed by atoms with Gasteiger partial charge >= 0.3 is 5.97 Å². The molecule has 0 aliphatic rings. The Kier molecular flexibility index (Phi) is 6.14. The summed E-state index contributed by atoms with van der Waals surface area (Å²) < 4.78 is 4.99. The molecule has 5 nitrogen and oxygen atoms in total. The SMILES string of the molecule is O=C(NC[C@H](O)C(=O)OCc1ccccc1)c1ccc(Cl)cc1. The molecular weight excluding hydrogens is 318 g/mol. The Bertz CT molecular complexity index is 658. The van der Waals surface area contributed by atoms with E-state index < -0.39 is 18.0 Å². The minimum Gasteiger partial charge on any atom is -0.459 e. The maximum Gasteiger partial charge on any atom is 0.337 e. The number of nitrogens with one attached hydrogen (secondary N) is 1. The lowest BCUT2D eigenvalue weighted by atomic mass is 10.2. The average molecular weight is 334 g/mol. The zero-order chi connectivity index (χ0) is 16.7. The second-order valence-electron chi connectivity index (χ2n) is 4.83. The number of halogens is 1. The number of rotatable bonds is 6. The molecule has 0 saturated carbocycles. The van der Waals surface area contributed by atoms with Crippen LogP contribution in [-0.2, 0) is 16.1 Å². The van der Waals surface area contributed by atoms with Crippen LogP contribution in [0.15, 0.2) is 54.6 Å². The molecule has 0 radical (unpaired) electrons. The van der Waals surface area contributed by atoms with E-state index in [9.17, 15) is 14.7 Å². The van der Waals surface area contributed by atoms with Crippen LogP contribution in [0, 0.1) is 0 Å². The van der Waals surface area contributed by atoms with Gasteiger partial charge in [-0.25, -0.2) is 4.79 Å². The number of amides is 1. The summed E-state index contributed by atoms with van der Waals surface area (Å²) in [5.74, 6) is -1.19. The van der Waals surface area contributed by atoms with Gasteiger partial charge in [-0.2, -0.15) is 0 Å². The first kappa shape index (κ1) is 17.0. The Morgan fingerprint density at radius 3 is 2.39 bits per heavy atom. The lowest BCUT2D eigenvalue weighted by molar-refractivity contribution is -0.154. The van der Waals surface area contributed by atoms with Crippen molar-refractivity contribution in [1.82, 2.24) is 5.32 Å². The fourth-order valence-corrected chi connectivity index (χ4v) is 1.93. The number of benzene rings is 2. The number of hydrogen-bond donors (Lipinski definition) is 2. The molecule has 6 heteroatoms. The zero-order valence-corrected chi connectivity index (χ0v) is 13.0. The maximum atomic E-state index is 11.8. The summed E-state index contributed by atoms with van der Waals surface area (Å²) >= 11 is 5.74. The fourth-order valence-electron chi connectivity index (χ4n) is 1.80. The van der Waals surface area contributed by atoms with Crippen LogP contribution in [0.5, 0.6) is 0 Å². The summed E-state index contributed by atoms with van der Waals surface area (Å²) in [6, 6.07) is 15.4. The van der Waals surface area contributed by atoms with Crippen molar-refractivity contribution >= 4 is 23.5 Å². The summed E-state index contributed by atoms with van der Waals surface area (Å²) in [6.07, 6.45) is -1.42. The van der Waals surface area contributed by atoms with Crippen LogP contribution in [-0.4, -0.2) is 29.6 Å². The molecule has 1 atom stereocenters. The van der Waals surface area contributed by atoms with Crippen LogP contribution >= 0.6 is 11.6 Å². The predicted molar refractivity (Wildman–Crippen MR) is 86.0 cm³/mol. The topological polar surface area (TPSA) is 75.6 Å². The first-order valence-corrected chi connectivity index (χ1v) is 7.36. The first-order chi connectivity index (χ1) is 11.1. The molecule has 2 aromatic rings. The van der Waals surface area contributed by atoms with Crippen LogP contribution < -0.4 is 5.32 Å². The summed E-state index contributed by atoms with van der Waals surface area (Å²) in [4.78, 5) is 23.5. The zero-order valence-electron chi connectivity index (χ0n) is 12.2. The van der Waals surface area contributed by atoms with Crippen molar-refractivity contribution < 1.29 is 19.4 Å². The third-order valence-electron chi connectivity index (χ3n) is 3.06.